The second-order valence-corrected chi connectivity index (χ2v) is 6.86. The quantitative estimate of drug-likeness (QED) is 0.663. The van der Waals surface area contributed by atoms with Gasteiger partial charge in [0.15, 0.2) is 11.5 Å². The van der Waals surface area contributed by atoms with E-state index < -0.39 is 0 Å². The molecular weight excluding hydrogens is 358 g/mol. The summed E-state index contributed by atoms with van der Waals surface area (Å²) in [7, 11) is 3.22. The van der Waals surface area contributed by atoms with E-state index in [-0.39, 0.29) is 5.91 Å². The maximum atomic E-state index is 11.9. The van der Waals surface area contributed by atoms with Crippen molar-refractivity contribution in [1.29, 1.82) is 0 Å². The van der Waals surface area contributed by atoms with Crippen LogP contribution in [0.15, 0.2) is 47.4 Å². The molecule has 2 rings (SSSR count). The molecule has 0 spiro atoms. The first-order chi connectivity index (χ1) is 12.1. The van der Waals surface area contributed by atoms with E-state index >= 15 is 0 Å². The number of benzene rings is 2. The molecule has 0 heterocycles. The minimum absolute atomic E-state index is 0.0417. The topological polar surface area (TPSA) is 47.6 Å². The maximum Gasteiger partial charge on any atom is 0.220 e. The first-order valence-electron chi connectivity index (χ1n) is 7.99. The largest absolute Gasteiger partial charge is 0.493 e. The summed E-state index contributed by atoms with van der Waals surface area (Å²) in [5, 5.41) is 3.66. The summed E-state index contributed by atoms with van der Waals surface area (Å²) < 4.78 is 10.5. The van der Waals surface area contributed by atoms with Gasteiger partial charge >= 0.3 is 0 Å². The fraction of sp³-hybridized carbons (Fsp3) is 0.316. The van der Waals surface area contributed by atoms with Gasteiger partial charge in [-0.1, -0.05) is 29.8 Å². The molecule has 134 valence electrons. The van der Waals surface area contributed by atoms with Crippen LogP contribution in [0.2, 0.25) is 5.02 Å². The Kier molecular flexibility index (Phi) is 7.95. The lowest BCUT2D eigenvalue weighted by Gasteiger charge is -2.10. The van der Waals surface area contributed by atoms with E-state index in [9.17, 15) is 4.79 Å². The number of methoxy groups -OCH3 is 2. The third kappa shape index (κ3) is 6.18. The number of nitrogens with one attached hydrogen (secondary N) is 1. The number of amides is 1. The smallest absolute Gasteiger partial charge is 0.220 e. The SMILES string of the molecule is COc1ccc(CCNC(=O)CCSc2ccccc2Cl)cc1OC. The zero-order valence-electron chi connectivity index (χ0n) is 14.4. The molecule has 0 aliphatic carbocycles. The van der Waals surface area contributed by atoms with Crippen molar-refractivity contribution in [2.24, 2.45) is 0 Å². The lowest BCUT2D eigenvalue weighted by molar-refractivity contribution is -0.120. The Morgan fingerprint density at radius 2 is 1.88 bits per heavy atom. The average Bonchev–Trinajstić information content (AvgIpc) is 2.63. The van der Waals surface area contributed by atoms with Crippen molar-refractivity contribution in [2.45, 2.75) is 17.7 Å². The summed E-state index contributed by atoms with van der Waals surface area (Å²) >= 11 is 7.69. The molecular formula is C19H22ClNO3S. The molecule has 0 radical (unpaired) electrons. The summed E-state index contributed by atoms with van der Waals surface area (Å²) in [6.07, 6.45) is 1.20. The third-order valence-corrected chi connectivity index (χ3v) is 5.12. The van der Waals surface area contributed by atoms with Crippen LogP contribution in [0.4, 0.5) is 0 Å². The van der Waals surface area contributed by atoms with Gasteiger partial charge in [0, 0.05) is 23.6 Å². The highest BCUT2D eigenvalue weighted by molar-refractivity contribution is 7.99. The molecule has 0 aliphatic heterocycles. The number of ether oxygens (including phenoxy) is 2. The van der Waals surface area contributed by atoms with Gasteiger partial charge in [0.05, 0.1) is 19.2 Å². The maximum absolute atomic E-state index is 11.9. The van der Waals surface area contributed by atoms with Crippen LogP contribution < -0.4 is 14.8 Å². The van der Waals surface area contributed by atoms with Crippen LogP contribution in [0.1, 0.15) is 12.0 Å². The van der Waals surface area contributed by atoms with Crippen molar-refractivity contribution >= 4 is 29.3 Å². The Morgan fingerprint density at radius 1 is 1.12 bits per heavy atom. The number of hydrogen-bond acceptors (Lipinski definition) is 4. The zero-order valence-corrected chi connectivity index (χ0v) is 16.0. The third-order valence-electron chi connectivity index (χ3n) is 3.61. The van der Waals surface area contributed by atoms with Gasteiger partial charge in [-0.25, -0.2) is 0 Å². The first kappa shape index (κ1) is 19.5. The van der Waals surface area contributed by atoms with E-state index in [0.717, 1.165) is 21.9 Å². The van der Waals surface area contributed by atoms with Gasteiger partial charge in [-0.2, -0.15) is 0 Å². The Bertz CT molecular complexity index is 709. The highest BCUT2D eigenvalue weighted by atomic mass is 35.5. The molecule has 0 saturated carbocycles. The van der Waals surface area contributed by atoms with Crippen LogP contribution in [0, 0.1) is 0 Å². The average molecular weight is 380 g/mol. The normalized spacial score (nSPS) is 10.4. The lowest BCUT2D eigenvalue weighted by atomic mass is 10.1. The molecule has 4 nitrogen and oxygen atoms in total. The van der Waals surface area contributed by atoms with Gasteiger partial charge in [-0.05, 0) is 36.2 Å². The van der Waals surface area contributed by atoms with Crippen LogP contribution >= 0.6 is 23.4 Å². The highest BCUT2D eigenvalue weighted by Crippen LogP contribution is 2.28. The molecule has 6 heteroatoms. The van der Waals surface area contributed by atoms with Crippen molar-refractivity contribution in [3.8, 4) is 11.5 Å². The first-order valence-corrected chi connectivity index (χ1v) is 9.35. The van der Waals surface area contributed by atoms with E-state index in [1.165, 1.54) is 0 Å². The Labute approximate surface area is 157 Å². The minimum atomic E-state index is 0.0417. The molecule has 1 amide bonds. The molecule has 0 bridgehead atoms. The molecule has 1 N–H and O–H groups in total. The minimum Gasteiger partial charge on any atom is -0.493 e. The summed E-state index contributed by atoms with van der Waals surface area (Å²) in [6.45, 7) is 0.588. The van der Waals surface area contributed by atoms with Crippen LogP contribution in [0.5, 0.6) is 11.5 Å². The lowest BCUT2D eigenvalue weighted by Crippen LogP contribution is -2.25. The number of thioether (sulfide) groups is 1. The Hall–Kier alpha value is -1.85. The molecule has 0 aliphatic rings. The number of rotatable bonds is 9. The summed E-state index contributed by atoms with van der Waals surface area (Å²) in [5.74, 6) is 2.14. The fourth-order valence-electron chi connectivity index (χ4n) is 2.29. The van der Waals surface area contributed by atoms with E-state index in [1.807, 2.05) is 42.5 Å². The van der Waals surface area contributed by atoms with Crippen molar-refractivity contribution in [2.75, 3.05) is 26.5 Å². The van der Waals surface area contributed by atoms with Gasteiger partial charge in [-0.15, -0.1) is 11.8 Å². The van der Waals surface area contributed by atoms with Crippen molar-refractivity contribution in [3.63, 3.8) is 0 Å². The van der Waals surface area contributed by atoms with Crippen LogP contribution in [0.25, 0.3) is 0 Å². The summed E-state index contributed by atoms with van der Waals surface area (Å²) in [4.78, 5) is 12.9. The predicted octanol–water partition coefficient (Wildman–Crippen LogP) is 4.20. The van der Waals surface area contributed by atoms with Gasteiger partial charge in [-0.3, -0.25) is 4.79 Å². The highest BCUT2D eigenvalue weighted by Gasteiger charge is 2.06. The fourth-order valence-corrected chi connectivity index (χ4v) is 3.47. The molecule has 0 fully saturated rings. The van der Waals surface area contributed by atoms with E-state index in [4.69, 9.17) is 21.1 Å². The van der Waals surface area contributed by atoms with Gasteiger partial charge in [0.25, 0.3) is 0 Å². The number of carbonyl (C=O) groups is 1. The molecule has 25 heavy (non-hydrogen) atoms. The number of hydrogen-bond donors (Lipinski definition) is 1. The molecule has 0 aromatic heterocycles. The van der Waals surface area contributed by atoms with E-state index in [0.29, 0.717) is 30.2 Å². The zero-order chi connectivity index (χ0) is 18.1. The molecule has 0 atom stereocenters. The number of halogens is 1. The summed E-state index contributed by atoms with van der Waals surface area (Å²) in [6, 6.07) is 13.4. The van der Waals surface area contributed by atoms with Gasteiger partial charge < -0.3 is 14.8 Å². The molecule has 0 saturated heterocycles. The predicted molar refractivity (Wildman–Crippen MR) is 103 cm³/mol. The van der Waals surface area contributed by atoms with E-state index in [1.54, 1.807) is 26.0 Å². The van der Waals surface area contributed by atoms with Crippen molar-refractivity contribution < 1.29 is 14.3 Å². The Balaban J connectivity index is 1.71. The van der Waals surface area contributed by atoms with Crippen LogP contribution in [0.3, 0.4) is 0 Å². The van der Waals surface area contributed by atoms with Crippen molar-refractivity contribution in [1.82, 2.24) is 5.32 Å². The van der Waals surface area contributed by atoms with Crippen LogP contribution in [-0.2, 0) is 11.2 Å². The molecule has 2 aromatic carbocycles. The molecule has 0 unspecified atom stereocenters. The second kappa shape index (κ2) is 10.2. The monoisotopic (exact) mass is 379 g/mol. The van der Waals surface area contributed by atoms with Crippen molar-refractivity contribution in [3.05, 3.63) is 53.1 Å². The molecule has 2 aromatic rings. The number of carbonyl (C=O) groups excluding carboxylic acids is 1. The van der Waals surface area contributed by atoms with Crippen LogP contribution in [-0.4, -0.2) is 32.4 Å². The van der Waals surface area contributed by atoms with Gasteiger partial charge in [0.1, 0.15) is 0 Å². The second-order valence-electron chi connectivity index (χ2n) is 5.32. The van der Waals surface area contributed by atoms with Gasteiger partial charge in [0.2, 0.25) is 5.91 Å². The van der Waals surface area contributed by atoms with E-state index in [2.05, 4.69) is 5.32 Å². The standard InChI is InChI=1S/C19H22ClNO3S/c1-23-16-8-7-14(13-17(16)24-2)9-11-21-19(22)10-12-25-18-6-4-3-5-15(18)20/h3-8,13H,9-12H2,1-2H3,(H,21,22). The Morgan fingerprint density at radius 3 is 2.60 bits per heavy atom. The summed E-state index contributed by atoms with van der Waals surface area (Å²) in [5.41, 5.74) is 1.09.